The van der Waals surface area contributed by atoms with Crippen LogP contribution in [-0.2, 0) is 4.79 Å². The molecule has 2 aliphatic heterocycles. The molecule has 2 aromatic rings. The van der Waals surface area contributed by atoms with Gasteiger partial charge in [0.2, 0.25) is 5.91 Å². The number of para-hydroxylation sites is 3. The minimum atomic E-state index is -1.51. The van der Waals surface area contributed by atoms with Gasteiger partial charge in [-0.2, -0.15) is 0 Å². The number of hydrogen-bond acceptors (Lipinski definition) is 6. The Kier molecular flexibility index (Phi) is 5.82. The van der Waals surface area contributed by atoms with Crippen molar-refractivity contribution in [2.45, 2.75) is 10.9 Å². The number of amides is 1. The SMILES string of the molecule is O=C(NCCO)C(Cl)(C1=Nc2ccccc2Oc2ccccc21)C1CNCCN1. The molecule has 0 aliphatic carbocycles. The smallest absolute Gasteiger partial charge is 0.249 e. The minimum absolute atomic E-state index is 0.107. The number of aliphatic imine (C=N–C) groups is 1. The van der Waals surface area contributed by atoms with Crippen LogP contribution in [0.4, 0.5) is 5.69 Å². The van der Waals surface area contributed by atoms with E-state index in [-0.39, 0.29) is 13.2 Å². The third kappa shape index (κ3) is 3.74. The van der Waals surface area contributed by atoms with Crippen LogP contribution in [0, 0.1) is 0 Å². The number of piperazine rings is 1. The quantitative estimate of drug-likeness (QED) is 0.557. The zero-order valence-electron chi connectivity index (χ0n) is 15.8. The molecule has 2 aliphatic rings. The molecule has 0 radical (unpaired) electrons. The van der Waals surface area contributed by atoms with Crippen molar-refractivity contribution in [3.8, 4) is 11.5 Å². The number of rotatable bonds is 5. The summed E-state index contributed by atoms with van der Waals surface area (Å²) in [5.41, 5.74) is 1.67. The highest BCUT2D eigenvalue weighted by Crippen LogP contribution is 2.41. The lowest BCUT2D eigenvalue weighted by Gasteiger charge is -2.38. The Balaban J connectivity index is 1.90. The van der Waals surface area contributed by atoms with Crippen LogP contribution >= 0.6 is 11.6 Å². The molecule has 4 rings (SSSR count). The van der Waals surface area contributed by atoms with E-state index in [1.165, 1.54) is 0 Å². The van der Waals surface area contributed by atoms with Gasteiger partial charge in [0.15, 0.2) is 10.6 Å². The van der Waals surface area contributed by atoms with Gasteiger partial charge in [0.05, 0.1) is 18.4 Å². The van der Waals surface area contributed by atoms with Gasteiger partial charge in [-0.1, -0.05) is 35.9 Å². The molecule has 7 nitrogen and oxygen atoms in total. The van der Waals surface area contributed by atoms with Gasteiger partial charge in [0.1, 0.15) is 11.4 Å². The first-order chi connectivity index (χ1) is 14.1. The monoisotopic (exact) mass is 414 g/mol. The lowest BCUT2D eigenvalue weighted by Crippen LogP contribution is -2.66. The molecule has 2 heterocycles. The van der Waals surface area contributed by atoms with Crippen LogP contribution in [0.2, 0.25) is 0 Å². The number of benzene rings is 2. The maximum Gasteiger partial charge on any atom is 0.249 e. The average Bonchev–Trinajstić information content (AvgIpc) is 2.94. The van der Waals surface area contributed by atoms with E-state index in [9.17, 15) is 9.90 Å². The summed E-state index contributed by atoms with van der Waals surface area (Å²) in [7, 11) is 0. The summed E-state index contributed by atoms with van der Waals surface area (Å²) in [5.74, 6) is 0.766. The van der Waals surface area contributed by atoms with Gasteiger partial charge in [-0.15, -0.1) is 0 Å². The topological polar surface area (TPSA) is 95.0 Å². The highest BCUT2D eigenvalue weighted by molar-refractivity contribution is 6.51. The Morgan fingerprint density at radius 3 is 2.72 bits per heavy atom. The van der Waals surface area contributed by atoms with Crippen molar-refractivity contribution in [1.29, 1.82) is 0 Å². The molecule has 0 aromatic heterocycles. The highest BCUT2D eigenvalue weighted by Gasteiger charge is 2.50. The van der Waals surface area contributed by atoms with Gasteiger partial charge in [-0.3, -0.25) is 4.79 Å². The summed E-state index contributed by atoms with van der Waals surface area (Å²) in [5, 5.41) is 18.6. The van der Waals surface area contributed by atoms with Gasteiger partial charge < -0.3 is 25.8 Å². The Morgan fingerprint density at radius 1 is 1.21 bits per heavy atom. The predicted octanol–water partition coefficient (Wildman–Crippen LogP) is 1.56. The molecular formula is C21H23ClN4O3. The van der Waals surface area contributed by atoms with Gasteiger partial charge in [0, 0.05) is 31.7 Å². The molecule has 2 aromatic carbocycles. The predicted molar refractivity (Wildman–Crippen MR) is 112 cm³/mol. The summed E-state index contributed by atoms with van der Waals surface area (Å²) < 4.78 is 6.10. The average molecular weight is 415 g/mol. The zero-order valence-corrected chi connectivity index (χ0v) is 16.6. The van der Waals surface area contributed by atoms with E-state index in [1.54, 1.807) is 0 Å². The van der Waals surface area contributed by atoms with Crippen LogP contribution in [0.25, 0.3) is 0 Å². The van der Waals surface area contributed by atoms with Gasteiger partial charge in [0.25, 0.3) is 0 Å². The second-order valence-electron chi connectivity index (χ2n) is 6.93. The lowest BCUT2D eigenvalue weighted by molar-refractivity contribution is -0.122. The van der Waals surface area contributed by atoms with Crippen LogP contribution in [0.3, 0.4) is 0 Å². The first-order valence-corrected chi connectivity index (χ1v) is 10.00. The molecule has 2 unspecified atom stereocenters. The summed E-state index contributed by atoms with van der Waals surface area (Å²) in [6.45, 7) is 1.89. The number of nitrogens with zero attached hydrogens (tertiary/aromatic N) is 1. The maximum absolute atomic E-state index is 13.3. The molecular weight excluding hydrogens is 392 g/mol. The first-order valence-electron chi connectivity index (χ1n) is 9.62. The summed E-state index contributed by atoms with van der Waals surface area (Å²) in [6, 6.07) is 14.4. The second-order valence-corrected chi connectivity index (χ2v) is 7.52. The van der Waals surface area contributed by atoms with Crippen LogP contribution in [-0.4, -0.2) is 60.4 Å². The Hall–Kier alpha value is -2.45. The van der Waals surface area contributed by atoms with Gasteiger partial charge >= 0.3 is 0 Å². The van der Waals surface area contributed by atoms with Crippen LogP contribution < -0.4 is 20.7 Å². The molecule has 29 heavy (non-hydrogen) atoms. The molecule has 1 amide bonds. The van der Waals surface area contributed by atoms with E-state index < -0.39 is 16.8 Å². The van der Waals surface area contributed by atoms with E-state index in [1.807, 2.05) is 48.5 Å². The van der Waals surface area contributed by atoms with Gasteiger partial charge in [-0.05, 0) is 24.3 Å². The van der Waals surface area contributed by atoms with E-state index in [4.69, 9.17) is 21.3 Å². The third-order valence-corrected chi connectivity index (χ3v) is 5.67. The Labute approximate surface area is 174 Å². The minimum Gasteiger partial charge on any atom is -0.454 e. The lowest BCUT2D eigenvalue weighted by atomic mass is 9.86. The van der Waals surface area contributed by atoms with Crippen molar-refractivity contribution >= 4 is 28.9 Å². The highest BCUT2D eigenvalue weighted by atomic mass is 35.5. The fraction of sp³-hybridized carbons (Fsp3) is 0.333. The number of carbonyl (C=O) groups excluding carboxylic acids is 1. The van der Waals surface area contributed by atoms with Crippen molar-refractivity contribution in [2.75, 3.05) is 32.8 Å². The summed E-state index contributed by atoms with van der Waals surface area (Å²) in [4.78, 5) is 16.6. The zero-order chi connectivity index (χ0) is 20.3. The molecule has 1 fully saturated rings. The molecule has 8 heteroatoms. The number of fused-ring (bicyclic) bond motifs is 2. The number of alkyl halides is 1. The number of ether oxygens (including phenoxy) is 1. The fourth-order valence-electron chi connectivity index (χ4n) is 3.63. The standard InChI is InChI=1S/C21H23ClN4O3/c22-21(20(28)25-11-12-27,18-13-23-9-10-24-18)19-14-5-1-3-7-16(14)29-17-8-4-2-6-15(17)26-19/h1-8,18,23-24,27H,9-13H2,(H,25,28). The third-order valence-electron chi connectivity index (χ3n) is 5.05. The molecule has 0 spiro atoms. The molecule has 152 valence electrons. The molecule has 2 atom stereocenters. The Morgan fingerprint density at radius 2 is 1.97 bits per heavy atom. The first kappa shape index (κ1) is 19.8. The van der Waals surface area contributed by atoms with E-state index in [2.05, 4.69) is 16.0 Å². The van der Waals surface area contributed by atoms with Crippen molar-refractivity contribution < 1.29 is 14.6 Å². The number of halogens is 1. The van der Waals surface area contributed by atoms with Gasteiger partial charge in [-0.25, -0.2) is 4.99 Å². The molecule has 0 saturated carbocycles. The summed E-state index contributed by atoms with van der Waals surface area (Å²) in [6.07, 6.45) is 0. The Bertz CT molecular complexity index is 930. The van der Waals surface area contributed by atoms with Crippen LogP contribution in [0.5, 0.6) is 11.5 Å². The molecule has 0 bridgehead atoms. The van der Waals surface area contributed by atoms with E-state index in [0.717, 1.165) is 6.54 Å². The van der Waals surface area contributed by atoms with E-state index in [0.29, 0.717) is 41.6 Å². The maximum atomic E-state index is 13.3. The summed E-state index contributed by atoms with van der Waals surface area (Å²) >= 11 is 7.17. The second kappa shape index (κ2) is 8.51. The van der Waals surface area contributed by atoms with E-state index >= 15 is 0 Å². The molecule has 4 N–H and O–H groups in total. The number of hydrogen-bond donors (Lipinski definition) is 4. The molecule has 1 saturated heterocycles. The van der Waals surface area contributed by atoms with Crippen molar-refractivity contribution in [2.24, 2.45) is 4.99 Å². The number of carbonyl (C=O) groups is 1. The number of aliphatic hydroxyl groups excluding tert-OH is 1. The van der Waals surface area contributed by atoms with Crippen molar-refractivity contribution in [1.82, 2.24) is 16.0 Å². The van der Waals surface area contributed by atoms with Crippen molar-refractivity contribution in [3.05, 3.63) is 54.1 Å². The number of aliphatic hydroxyl groups is 1. The van der Waals surface area contributed by atoms with Crippen LogP contribution in [0.1, 0.15) is 5.56 Å². The van der Waals surface area contributed by atoms with Crippen LogP contribution in [0.15, 0.2) is 53.5 Å². The normalized spacial score (nSPS) is 20.2. The van der Waals surface area contributed by atoms with Crippen molar-refractivity contribution in [3.63, 3.8) is 0 Å². The largest absolute Gasteiger partial charge is 0.454 e. The fourth-order valence-corrected chi connectivity index (χ4v) is 3.99. The number of nitrogens with one attached hydrogen (secondary N) is 3.